The Balaban J connectivity index is 1.88. The van der Waals surface area contributed by atoms with E-state index in [-0.39, 0.29) is 0 Å². The van der Waals surface area contributed by atoms with Crippen LogP contribution in [0.5, 0.6) is 0 Å². The van der Waals surface area contributed by atoms with E-state index in [2.05, 4.69) is 39.1 Å². The van der Waals surface area contributed by atoms with Gasteiger partial charge in [0, 0.05) is 5.69 Å². The third-order valence-corrected chi connectivity index (χ3v) is 4.01. The summed E-state index contributed by atoms with van der Waals surface area (Å²) in [5.74, 6) is 1.83. The van der Waals surface area contributed by atoms with Crippen LogP contribution >= 0.6 is 0 Å². The molecule has 0 bridgehead atoms. The number of nitrogens with one attached hydrogen (secondary N) is 1. The molecule has 1 N–H and O–H groups in total. The molecule has 0 spiro atoms. The third kappa shape index (κ3) is 2.54. The van der Waals surface area contributed by atoms with Gasteiger partial charge < -0.3 is 5.32 Å². The van der Waals surface area contributed by atoms with Gasteiger partial charge in [-0.3, -0.25) is 4.57 Å². The maximum Gasteiger partial charge on any atom is 0.154 e. The lowest BCUT2D eigenvalue weighted by Crippen LogP contribution is -2.33. The highest BCUT2D eigenvalue weighted by Gasteiger charge is 2.25. The lowest BCUT2D eigenvalue weighted by atomic mass is 9.90. The van der Waals surface area contributed by atoms with Crippen LogP contribution in [0, 0.1) is 5.92 Å². The summed E-state index contributed by atoms with van der Waals surface area (Å²) in [6.45, 7) is 3.35. The zero-order chi connectivity index (χ0) is 13.1. The third-order valence-electron chi connectivity index (χ3n) is 4.01. The van der Waals surface area contributed by atoms with Gasteiger partial charge in [0.25, 0.3) is 0 Å². The summed E-state index contributed by atoms with van der Waals surface area (Å²) < 4.78 is 2.09. The molecule has 3 rings (SSSR count). The minimum atomic E-state index is 0.321. The monoisotopic (exact) mass is 256 g/mol. The van der Waals surface area contributed by atoms with Gasteiger partial charge in [0.15, 0.2) is 5.82 Å². The number of piperidine rings is 1. The molecule has 4 heteroatoms. The Bertz CT molecular complexity index is 520. The summed E-state index contributed by atoms with van der Waals surface area (Å²) in [6.07, 6.45) is 5.48. The van der Waals surface area contributed by atoms with E-state index in [4.69, 9.17) is 0 Å². The molecule has 2 unspecified atom stereocenters. The minimum Gasteiger partial charge on any atom is -0.307 e. The molecule has 1 aliphatic rings. The molecule has 0 saturated carbocycles. The van der Waals surface area contributed by atoms with Gasteiger partial charge in [-0.2, -0.15) is 0 Å². The Morgan fingerprint density at radius 2 is 2.16 bits per heavy atom. The Kier molecular flexibility index (Phi) is 3.60. The Morgan fingerprint density at radius 1 is 1.32 bits per heavy atom. The summed E-state index contributed by atoms with van der Waals surface area (Å²) in [7, 11) is 0. The molecule has 100 valence electrons. The fourth-order valence-corrected chi connectivity index (χ4v) is 2.83. The molecule has 1 saturated heterocycles. The Hall–Kier alpha value is -1.68. The maximum atomic E-state index is 4.34. The van der Waals surface area contributed by atoms with Crippen molar-refractivity contribution in [2.75, 3.05) is 6.54 Å². The van der Waals surface area contributed by atoms with Crippen LogP contribution in [0.1, 0.15) is 38.1 Å². The quantitative estimate of drug-likeness (QED) is 0.918. The number of benzene rings is 1. The number of hydrogen-bond acceptors (Lipinski definition) is 3. The molecule has 1 fully saturated rings. The highest BCUT2D eigenvalue weighted by Crippen LogP contribution is 2.28. The summed E-state index contributed by atoms with van der Waals surface area (Å²) in [6, 6.07) is 10.6. The average molecular weight is 256 g/mol. The van der Waals surface area contributed by atoms with Gasteiger partial charge in [-0.1, -0.05) is 31.5 Å². The van der Waals surface area contributed by atoms with Gasteiger partial charge in [-0.25, -0.2) is 0 Å². The van der Waals surface area contributed by atoms with Crippen LogP contribution in [-0.2, 0) is 0 Å². The first kappa shape index (κ1) is 12.4. The van der Waals surface area contributed by atoms with Crippen LogP contribution in [0.15, 0.2) is 36.7 Å². The molecular formula is C15H20N4. The van der Waals surface area contributed by atoms with Crippen LogP contribution in [0.25, 0.3) is 5.69 Å². The predicted octanol–water partition coefficient (Wildman–Crippen LogP) is 2.72. The molecule has 2 heterocycles. The maximum absolute atomic E-state index is 4.34. The molecule has 4 nitrogen and oxygen atoms in total. The van der Waals surface area contributed by atoms with Crippen LogP contribution < -0.4 is 5.32 Å². The van der Waals surface area contributed by atoms with E-state index in [1.165, 1.54) is 12.8 Å². The van der Waals surface area contributed by atoms with E-state index in [1.807, 2.05) is 24.5 Å². The molecule has 2 aromatic rings. The molecule has 1 aromatic carbocycles. The van der Waals surface area contributed by atoms with Crippen molar-refractivity contribution < 1.29 is 0 Å². The van der Waals surface area contributed by atoms with Crippen LogP contribution in [0.3, 0.4) is 0 Å². The van der Waals surface area contributed by atoms with E-state index in [0.29, 0.717) is 6.04 Å². The molecular weight excluding hydrogens is 236 g/mol. The van der Waals surface area contributed by atoms with Crippen molar-refractivity contribution in [2.24, 2.45) is 5.92 Å². The van der Waals surface area contributed by atoms with E-state index < -0.39 is 0 Å². The number of hydrogen-bond donors (Lipinski definition) is 1. The average Bonchev–Trinajstić information content (AvgIpc) is 2.98. The lowest BCUT2D eigenvalue weighted by molar-refractivity contribution is 0.289. The second-order valence-electron chi connectivity index (χ2n) is 5.20. The summed E-state index contributed by atoms with van der Waals surface area (Å²) in [5, 5.41) is 12.0. The van der Waals surface area contributed by atoms with E-state index in [1.54, 1.807) is 0 Å². The van der Waals surface area contributed by atoms with Gasteiger partial charge >= 0.3 is 0 Å². The van der Waals surface area contributed by atoms with Crippen molar-refractivity contribution in [2.45, 2.75) is 32.2 Å². The van der Waals surface area contributed by atoms with E-state index >= 15 is 0 Å². The Morgan fingerprint density at radius 3 is 2.95 bits per heavy atom. The number of aromatic nitrogens is 3. The van der Waals surface area contributed by atoms with Crippen LogP contribution in [0.4, 0.5) is 0 Å². The predicted molar refractivity (Wildman–Crippen MR) is 75.1 cm³/mol. The fraction of sp³-hybridized carbons (Fsp3) is 0.467. The van der Waals surface area contributed by atoms with Gasteiger partial charge in [0.2, 0.25) is 0 Å². The van der Waals surface area contributed by atoms with Crippen molar-refractivity contribution >= 4 is 0 Å². The van der Waals surface area contributed by atoms with Gasteiger partial charge in [0.05, 0.1) is 6.04 Å². The zero-order valence-corrected chi connectivity index (χ0v) is 11.3. The second kappa shape index (κ2) is 5.53. The first-order valence-corrected chi connectivity index (χ1v) is 7.07. The molecule has 19 heavy (non-hydrogen) atoms. The van der Waals surface area contributed by atoms with Gasteiger partial charge in [-0.15, -0.1) is 10.2 Å². The summed E-state index contributed by atoms with van der Waals surface area (Å²) in [4.78, 5) is 0. The van der Waals surface area contributed by atoms with Crippen molar-refractivity contribution in [3.8, 4) is 5.69 Å². The number of rotatable bonds is 3. The van der Waals surface area contributed by atoms with Crippen molar-refractivity contribution in [3.63, 3.8) is 0 Å². The highest BCUT2D eigenvalue weighted by molar-refractivity contribution is 5.32. The SMILES string of the molecule is CCC1CCNC(c2nncn2-c2ccccc2)C1. The molecule has 2 atom stereocenters. The summed E-state index contributed by atoms with van der Waals surface area (Å²) in [5.41, 5.74) is 1.13. The molecule has 0 aliphatic carbocycles. The minimum absolute atomic E-state index is 0.321. The number of nitrogens with zero attached hydrogens (tertiary/aromatic N) is 3. The normalized spacial score (nSPS) is 23.4. The number of para-hydroxylation sites is 1. The van der Waals surface area contributed by atoms with Crippen LogP contribution in [-0.4, -0.2) is 21.3 Å². The first-order valence-electron chi connectivity index (χ1n) is 7.07. The van der Waals surface area contributed by atoms with Gasteiger partial charge in [0.1, 0.15) is 6.33 Å². The smallest absolute Gasteiger partial charge is 0.154 e. The zero-order valence-electron chi connectivity index (χ0n) is 11.3. The first-order chi connectivity index (χ1) is 9.38. The fourth-order valence-electron chi connectivity index (χ4n) is 2.83. The lowest BCUT2D eigenvalue weighted by Gasteiger charge is -2.29. The largest absolute Gasteiger partial charge is 0.307 e. The molecule has 1 aliphatic heterocycles. The van der Waals surface area contributed by atoms with E-state index in [9.17, 15) is 0 Å². The molecule has 1 aromatic heterocycles. The Labute approximate surface area is 113 Å². The standard InChI is InChI=1S/C15H20N4/c1-2-12-8-9-16-14(10-12)15-18-17-11-19(15)13-6-4-3-5-7-13/h3-7,11-12,14,16H,2,8-10H2,1H3. The van der Waals surface area contributed by atoms with Crippen molar-refractivity contribution in [1.82, 2.24) is 20.1 Å². The van der Waals surface area contributed by atoms with E-state index in [0.717, 1.165) is 30.4 Å². The van der Waals surface area contributed by atoms with Crippen LogP contribution in [0.2, 0.25) is 0 Å². The van der Waals surface area contributed by atoms with Crippen molar-refractivity contribution in [1.29, 1.82) is 0 Å². The highest BCUT2D eigenvalue weighted by atomic mass is 15.3. The summed E-state index contributed by atoms with van der Waals surface area (Å²) >= 11 is 0. The topological polar surface area (TPSA) is 42.7 Å². The molecule has 0 radical (unpaired) electrons. The van der Waals surface area contributed by atoms with Gasteiger partial charge in [-0.05, 0) is 37.4 Å². The second-order valence-corrected chi connectivity index (χ2v) is 5.20. The van der Waals surface area contributed by atoms with Crippen molar-refractivity contribution in [3.05, 3.63) is 42.5 Å². The molecule has 0 amide bonds.